The molecule has 0 aromatic rings. The summed E-state index contributed by atoms with van der Waals surface area (Å²) in [5.41, 5.74) is 0. The molecule has 2 atom stereocenters. The molecular formula is C11H25NO2. The minimum Gasteiger partial charge on any atom is -0.389 e. The Morgan fingerprint density at radius 3 is 2.50 bits per heavy atom. The van der Waals surface area contributed by atoms with Crippen LogP contribution in [0, 0.1) is 5.92 Å². The van der Waals surface area contributed by atoms with Gasteiger partial charge in [0.25, 0.3) is 0 Å². The number of hydrogen-bond acceptors (Lipinski definition) is 3. The van der Waals surface area contributed by atoms with E-state index >= 15 is 0 Å². The molecule has 0 aliphatic carbocycles. The van der Waals surface area contributed by atoms with Gasteiger partial charge >= 0.3 is 0 Å². The van der Waals surface area contributed by atoms with E-state index in [1.165, 1.54) is 12.8 Å². The third-order valence-corrected chi connectivity index (χ3v) is 2.29. The van der Waals surface area contributed by atoms with E-state index in [1.54, 1.807) is 7.11 Å². The van der Waals surface area contributed by atoms with Crippen molar-refractivity contribution in [1.82, 2.24) is 4.90 Å². The van der Waals surface area contributed by atoms with Crippen molar-refractivity contribution >= 4 is 0 Å². The molecule has 0 bridgehead atoms. The van der Waals surface area contributed by atoms with Gasteiger partial charge < -0.3 is 14.7 Å². The number of rotatable bonds is 8. The molecule has 0 aromatic heterocycles. The van der Waals surface area contributed by atoms with E-state index in [1.807, 2.05) is 7.05 Å². The van der Waals surface area contributed by atoms with Crippen molar-refractivity contribution in [1.29, 1.82) is 0 Å². The predicted molar refractivity (Wildman–Crippen MR) is 59.5 cm³/mol. The zero-order chi connectivity index (χ0) is 11.0. The highest BCUT2D eigenvalue weighted by atomic mass is 16.5. The Balaban J connectivity index is 3.57. The Morgan fingerprint density at radius 2 is 2.00 bits per heavy atom. The van der Waals surface area contributed by atoms with Crippen LogP contribution in [0.15, 0.2) is 0 Å². The summed E-state index contributed by atoms with van der Waals surface area (Å²) in [6.45, 7) is 6.63. The molecule has 0 rings (SSSR count). The monoisotopic (exact) mass is 203 g/mol. The average molecular weight is 203 g/mol. The van der Waals surface area contributed by atoms with Gasteiger partial charge in [0.05, 0.1) is 12.7 Å². The summed E-state index contributed by atoms with van der Waals surface area (Å²) in [7, 11) is 3.66. The molecule has 0 aromatic carbocycles. The standard InChI is InChI=1S/C11H25NO2/c1-5-6-10(2)7-12(3)8-11(13)9-14-4/h10-11,13H,5-9H2,1-4H3. The van der Waals surface area contributed by atoms with Crippen LogP contribution < -0.4 is 0 Å². The van der Waals surface area contributed by atoms with Crippen molar-refractivity contribution in [2.75, 3.05) is 33.9 Å². The fraction of sp³-hybridized carbons (Fsp3) is 1.00. The summed E-state index contributed by atoms with van der Waals surface area (Å²) in [4.78, 5) is 2.17. The average Bonchev–Trinajstić information content (AvgIpc) is 2.03. The van der Waals surface area contributed by atoms with E-state index in [2.05, 4.69) is 18.7 Å². The van der Waals surface area contributed by atoms with Gasteiger partial charge in [0.2, 0.25) is 0 Å². The molecule has 0 heterocycles. The van der Waals surface area contributed by atoms with Crippen LogP contribution in [-0.2, 0) is 4.74 Å². The fourth-order valence-corrected chi connectivity index (χ4v) is 1.80. The van der Waals surface area contributed by atoms with Crippen LogP contribution in [-0.4, -0.2) is 50.0 Å². The number of aliphatic hydroxyl groups excluding tert-OH is 1. The summed E-state index contributed by atoms with van der Waals surface area (Å²) in [5.74, 6) is 0.708. The summed E-state index contributed by atoms with van der Waals surface area (Å²) in [5, 5.41) is 9.50. The van der Waals surface area contributed by atoms with Gasteiger partial charge in [-0.15, -0.1) is 0 Å². The second-order valence-corrected chi connectivity index (χ2v) is 4.22. The highest BCUT2D eigenvalue weighted by Gasteiger charge is 2.10. The molecule has 0 aliphatic rings. The maximum atomic E-state index is 9.50. The summed E-state index contributed by atoms with van der Waals surface area (Å²) >= 11 is 0. The molecular weight excluding hydrogens is 178 g/mol. The molecule has 1 N–H and O–H groups in total. The van der Waals surface area contributed by atoms with Gasteiger partial charge in [-0.25, -0.2) is 0 Å². The Morgan fingerprint density at radius 1 is 1.36 bits per heavy atom. The second kappa shape index (κ2) is 8.21. The highest BCUT2D eigenvalue weighted by Crippen LogP contribution is 2.06. The molecule has 0 saturated heterocycles. The van der Waals surface area contributed by atoms with Crippen molar-refractivity contribution in [2.24, 2.45) is 5.92 Å². The first-order valence-corrected chi connectivity index (χ1v) is 5.45. The molecule has 0 amide bonds. The number of nitrogens with zero attached hydrogens (tertiary/aromatic N) is 1. The maximum Gasteiger partial charge on any atom is 0.0899 e. The first-order chi connectivity index (χ1) is 6.60. The van der Waals surface area contributed by atoms with Gasteiger partial charge in [-0.3, -0.25) is 0 Å². The van der Waals surface area contributed by atoms with E-state index in [9.17, 15) is 5.11 Å². The second-order valence-electron chi connectivity index (χ2n) is 4.22. The lowest BCUT2D eigenvalue weighted by molar-refractivity contribution is 0.0406. The molecule has 3 heteroatoms. The molecule has 0 radical (unpaired) electrons. The molecule has 14 heavy (non-hydrogen) atoms. The molecule has 0 spiro atoms. The fourth-order valence-electron chi connectivity index (χ4n) is 1.80. The van der Waals surface area contributed by atoms with E-state index < -0.39 is 0 Å². The minimum atomic E-state index is -0.362. The van der Waals surface area contributed by atoms with Crippen LogP contribution in [0.2, 0.25) is 0 Å². The summed E-state index contributed by atoms with van der Waals surface area (Å²) < 4.78 is 4.88. The van der Waals surface area contributed by atoms with Crippen LogP contribution in [0.3, 0.4) is 0 Å². The largest absolute Gasteiger partial charge is 0.389 e. The third kappa shape index (κ3) is 7.30. The van der Waals surface area contributed by atoms with Gasteiger partial charge in [-0.05, 0) is 19.4 Å². The Hall–Kier alpha value is -0.120. The number of methoxy groups -OCH3 is 1. The summed E-state index contributed by atoms with van der Waals surface area (Å²) in [6.07, 6.45) is 2.12. The summed E-state index contributed by atoms with van der Waals surface area (Å²) in [6, 6.07) is 0. The molecule has 3 nitrogen and oxygen atoms in total. The number of aliphatic hydroxyl groups is 1. The van der Waals surface area contributed by atoms with Crippen molar-refractivity contribution in [3.05, 3.63) is 0 Å². The lowest BCUT2D eigenvalue weighted by Gasteiger charge is -2.23. The molecule has 0 aliphatic heterocycles. The highest BCUT2D eigenvalue weighted by molar-refractivity contribution is 4.63. The van der Waals surface area contributed by atoms with Crippen molar-refractivity contribution in [3.63, 3.8) is 0 Å². The third-order valence-electron chi connectivity index (χ3n) is 2.29. The van der Waals surface area contributed by atoms with Gasteiger partial charge in [0, 0.05) is 20.2 Å². The molecule has 0 fully saturated rings. The van der Waals surface area contributed by atoms with Crippen molar-refractivity contribution < 1.29 is 9.84 Å². The topological polar surface area (TPSA) is 32.7 Å². The zero-order valence-corrected chi connectivity index (χ0v) is 9.99. The van der Waals surface area contributed by atoms with Crippen molar-refractivity contribution in [3.8, 4) is 0 Å². The number of ether oxygens (including phenoxy) is 1. The van der Waals surface area contributed by atoms with Crippen LogP contribution in [0.5, 0.6) is 0 Å². The molecule has 0 saturated carbocycles. The van der Waals surface area contributed by atoms with E-state index in [-0.39, 0.29) is 6.10 Å². The lowest BCUT2D eigenvalue weighted by Crippen LogP contribution is -2.34. The quantitative estimate of drug-likeness (QED) is 0.646. The Labute approximate surface area is 88.1 Å². The van der Waals surface area contributed by atoms with Crippen LogP contribution in [0.1, 0.15) is 26.7 Å². The maximum absolute atomic E-state index is 9.50. The normalized spacial score (nSPS) is 15.9. The molecule has 2 unspecified atom stereocenters. The van der Waals surface area contributed by atoms with E-state index in [4.69, 9.17) is 4.74 Å². The smallest absolute Gasteiger partial charge is 0.0899 e. The van der Waals surface area contributed by atoms with E-state index in [0.29, 0.717) is 19.1 Å². The lowest BCUT2D eigenvalue weighted by atomic mass is 10.1. The van der Waals surface area contributed by atoms with Crippen LogP contribution in [0.4, 0.5) is 0 Å². The SMILES string of the molecule is CCCC(C)CN(C)CC(O)COC. The Bertz CT molecular complexity index is 116. The van der Waals surface area contributed by atoms with Crippen molar-refractivity contribution in [2.45, 2.75) is 32.8 Å². The molecule has 86 valence electrons. The van der Waals surface area contributed by atoms with Crippen LogP contribution >= 0.6 is 0 Å². The number of hydrogen-bond donors (Lipinski definition) is 1. The number of likely N-dealkylation sites (N-methyl/N-ethyl adjacent to an activating group) is 1. The Kier molecular flexibility index (Phi) is 8.14. The van der Waals surface area contributed by atoms with Crippen LogP contribution in [0.25, 0.3) is 0 Å². The van der Waals surface area contributed by atoms with Gasteiger partial charge in [-0.1, -0.05) is 20.3 Å². The first-order valence-electron chi connectivity index (χ1n) is 5.45. The first kappa shape index (κ1) is 13.9. The van der Waals surface area contributed by atoms with Gasteiger partial charge in [0.1, 0.15) is 0 Å². The minimum absolute atomic E-state index is 0.362. The zero-order valence-electron chi connectivity index (χ0n) is 9.99. The predicted octanol–water partition coefficient (Wildman–Crippen LogP) is 1.36. The van der Waals surface area contributed by atoms with E-state index in [0.717, 1.165) is 6.54 Å². The van der Waals surface area contributed by atoms with Gasteiger partial charge in [0.15, 0.2) is 0 Å². The van der Waals surface area contributed by atoms with Gasteiger partial charge in [-0.2, -0.15) is 0 Å².